The van der Waals surface area contributed by atoms with Gasteiger partial charge in [0.05, 0.1) is 6.61 Å². The van der Waals surface area contributed by atoms with Gasteiger partial charge in [0.25, 0.3) is 0 Å². The van der Waals surface area contributed by atoms with Gasteiger partial charge in [-0.15, -0.1) is 0 Å². The highest BCUT2D eigenvalue weighted by Crippen LogP contribution is 2.42. The van der Waals surface area contributed by atoms with Crippen LogP contribution in [0, 0.1) is 5.41 Å². The number of amides is 1. The number of rotatable bonds is 1. The molecule has 0 aromatic carbocycles. The second kappa shape index (κ2) is 3.89. The van der Waals surface area contributed by atoms with E-state index in [-0.39, 0.29) is 6.61 Å². The molecule has 1 rings (SSSR count). The fourth-order valence-electron chi connectivity index (χ4n) is 1.73. The highest BCUT2D eigenvalue weighted by molar-refractivity contribution is 6.63. The molecule has 0 spiro atoms. The summed E-state index contributed by atoms with van der Waals surface area (Å²) in [5.74, 6) is -1.11. The molecule has 0 bridgehead atoms. The third-order valence-corrected chi connectivity index (χ3v) is 3.34. The molecule has 6 heteroatoms. The minimum Gasteiger partial charge on any atom is -0.480 e. The molecule has 0 aromatic rings. The molecule has 0 aromatic heterocycles. The number of hydrogen-bond donors (Lipinski definition) is 1. The Hall–Kier alpha value is -0.810. The van der Waals surface area contributed by atoms with E-state index in [2.05, 4.69) is 0 Å². The molecule has 2 atom stereocenters. The zero-order chi connectivity index (χ0) is 12.7. The molecule has 0 unspecified atom stereocenters. The first-order valence-electron chi connectivity index (χ1n) is 4.97. The highest BCUT2D eigenvalue weighted by atomic mass is 35.5. The number of hydrogen-bond acceptors (Lipinski definition) is 3. The van der Waals surface area contributed by atoms with Gasteiger partial charge in [-0.05, 0) is 18.5 Å². The van der Waals surface area contributed by atoms with E-state index in [9.17, 15) is 9.59 Å². The summed E-state index contributed by atoms with van der Waals surface area (Å²) in [6.45, 7) is 7.23. The average molecular weight is 250 g/mol. The Morgan fingerprint density at radius 1 is 1.50 bits per heavy atom. The predicted molar refractivity (Wildman–Crippen MR) is 58.3 cm³/mol. The summed E-state index contributed by atoms with van der Waals surface area (Å²) in [7, 11) is 0. The van der Waals surface area contributed by atoms with Gasteiger partial charge in [-0.25, -0.2) is 4.79 Å². The summed E-state index contributed by atoms with van der Waals surface area (Å²) in [6.07, 6.45) is 0. The number of halogens is 1. The SMILES string of the molecule is CC(C)(C)[C@]1(C)OC[C@H](C(=O)O)N1C(=O)Cl. The lowest BCUT2D eigenvalue weighted by atomic mass is 9.83. The molecule has 5 nitrogen and oxygen atoms in total. The Labute approximate surface area is 99.3 Å². The Morgan fingerprint density at radius 2 is 2.00 bits per heavy atom. The molecule has 1 aliphatic rings. The molecular formula is C10H16ClNO4. The summed E-state index contributed by atoms with van der Waals surface area (Å²) >= 11 is 5.46. The third kappa shape index (κ3) is 1.89. The Morgan fingerprint density at radius 3 is 2.31 bits per heavy atom. The van der Waals surface area contributed by atoms with Crippen molar-refractivity contribution in [3.8, 4) is 0 Å². The lowest BCUT2D eigenvalue weighted by Gasteiger charge is -2.43. The molecule has 1 heterocycles. The number of carbonyl (C=O) groups excluding carboxylic acids is 1. The minimum atomic E-state index is -1.11. The van der Waals surface area contributed by atoms with Crippen LogP contribution in [0.15, 0.2) is 0 Å². The van der Waals surface area contributed by atoms with Gasteiger partial charge in [-0.2, -0.15) is 0 Å². The van der Waals surface area contributed by atoms with Crippen molar-refractivity contribution in [2.24, 2.45) is 5.41 Å². The average Bonchev–Trinajstić information content (AvgIpc) is 2.42. The quantitative estimate of drug-likeness (QED) is 0.569. The first kappa shape index (κ1) is 13.3. The molecule has 1 saturated heterocycles. The maximum atomic E-state index is 11.4. The second-order valence-corrected chi connectivity index (χ2v) is 5.34. The first-order valence-corrected chi connectivity index (χ1v) is 5.34. The van der Waals surface area contributed by atoms with Crippen LogP contribution in [0.2, 0.25) is 0 Å². The predicted octanol–water partition coefficient (Wildman–Crippen LogP) is 1.89. The topological polar surface area (TPSA) is 66.8 Å². The Kier molecular flexibility index (Phi) is 3.22. The summed E-state index contributed by atoms with van der Waals surface area (Å²) < 4.78 is 5.49. The highest BCUT2D eigenvalue weighted by Gasteiger charge is 2.55. The number of aliphatic carboxylic acids is 1. The van der Waals surface area contributed by atoms with Gasteiger partial charge in [0, 0.05) is 5.41 Å². The molecule has 92 valence electrons. The van der Waals surface area contributed by atoms with Crippen LogP contribution in [0.1, 0.15) is 27.7 Å². The number of ether oxygens (including phenoxy) is 1. The normalized spacial score (nSPS) is 30.6. The van der Waals surface area contributed by atoms with Crippen molar-refractivity contribution < 1.29 is 19.4 Å². The third-order valence-electron chi connectivity index (χ3n) is 3.16. The number of carbonyl (C=O) groups is 2. The lowest BCUT2D eigenvalue weighted by Crippen LogP contribution is -2.56. The molecule has 0 radical (unpaired) electrons. The Bertz CT molecular complexity index is 325. The zero-order valence-electron chi connectivity index (χ0n) is 9.78. The van der Waals surface area contributed by atoms with E-state index >= 15 is 0 Å². The minimum absolute atomic E-state index is 0.0401. The van der Waals surface area contributed by atoms with E-state index in [0.29, 0.717) is 0 Å². The molecule has 1 fully saturated rings. The molecule has 1 amide bonds. The molecule has 16 heavy (non-hydrogen) atoms. The van der Waals surface area contributed by atoms with Crippen LogP contribution in [-0.2, 0) is 9.53 Å². The summed E-state index contributed by atoms with van der Waals surface area (Å²) in [4.78, 5) is 23.5. The van der Waals surface area contributed by atoms with Crippen LogP contribution >= 0.6 is 11.6 Å². The van der Waals surface area contributed by atoms with E-state index in [0.717, 1.165) is 4.90 Å². The van der Waals surface area contributed by atoms with Crippen LogP contribution in [0.3, 0.4) is 0 Å². The summed E-state index contributed by atoms with van der Waals surface area (Å²) in [5.41, 5.74) is -1.43. The molecule has 0 aliphatic carbocycles. The standard InChI is InChI=1S/C10H16ClNO4/c1-9(2,3)10(4)12(8(11)15)6(5-16-10)7(13)14/h6H,5H2,1-4H3,(H,13,14)/t6-,10+/m1/s1. The summed E-state index contributed by atoms with van der Waals surface area (Å²) in [6, 6.07) is -1.02. The van der Waals surface area contributed by atoms with Gasteiger partial charge < -0.3 is 9.84 Å². The first-order chi connectivity index (χ1) is 7.11. The maximum Gasteiger partial charge on any atom is 0.328 e. The Balaban J connectivity index is 3.15. The maximum absolute atomic E-state index is 11.4. The fraction of sp³-hybridized carbons (Fsp3) is 0.800. The van der Waals surface area contributed by atoms with Crippen molar-refractivity contribution in [3.63, 3.8) is 0 Å². The van der Waals surface area contributed by atoms with Crippen LogP contribution in [0.4, 0.5) is 4.79 Å². The zero-order valence-corrected chi connectivity index (χ0v) is 10.5. The number of carboxylic acid groups (broad SMARTS) is 1. The number of carboxylic acids is 1. The van der Waals surface area contributed by atoms with E-state index < -0.39 is 28.5 Å². The van der Waals surface area contributed by atoms with Gasteiger partial charge in [-0.1, -0.05) is 20.8 Å². The van der Waals surface area contributed by atoms with Gasteiger partial charge in [-0.3, -0.25) is 9.69 Å². The van der Waals surface area contributed by atoms with E-state index in [4.69, 9.17) is 21.4 Å². The van der Waals surface area contributed by atoms with Crippen molar-refractivity contribution in [2.75, 3.05) is 6.61 Å². The fourth-order valence-corrected chi connectivity index (χ4v) is 2.01. The van der Waals surface area contributed by atoms with Crippen molar-refractivity contribution in [2.45, 2.75) is 39.5 Å². The van der Waals surface area contributed by atoms with Crippen LogP contribution in [0.25, 0.3) is 0 Å². The van der Waals surface area contributed by atoms with Gasteiger partial charge in [0.1, 0.15) is 5.72 Å². The van der Waals surface area contributed by atoms with Crippen LogP contribution < -0.4 is 0 Å². The molecule has 1 N–H and O–H groups in total. The van der Waals surface area contributed by atoms with Crippen molar-refractivity contribution in [3.05, 3.63) is 0 Å². The smallest absolute Gasteiger partial charge is 0.328 e. The van der Waals surface area contributed by atoms with Crippen molar-refractivity contribution >= 4 is 22.9 Å². The largest absolute Gasteiger partial charge is 0.480 e. The van der Waals surface area contributed by atoms with E-state index in [1.54, 1.807) is 6.92 Å². The monoisotopic (exact) mass is 249 g/mol. The summed E-state index contributed by atoms with van der Waals surface area (Å²) in [5, 5.41) is 8.19. The van der Waals surface area contributed by atoms with E-state index in [1.165, 1.54) is 0 Å². The molecule has 0 saturated carbocycles. The van der Waals surface area contributed by atoms with Gasteiger partial charge in [0.15, 0.2) is 6.04 Å². The van der Waals surface area contributed by atoms with Gasteiger partial charge >= 0.3 is 11.3 Å². The van der Waals surface area contributed by atoms with Crippen LogP contribution in [-0.4, -0.2) is 39.7 Å². The molecular weight excluding hydrogens is 234 g/mol. The molecule has 1 aliphatic heterocycles. The number of nitrogens with zero attached hydrogens (tertiary/aromatic N) is 1. The van der Waals surface area contributed by atoms with Gasteiger partial charge in [0.2, 0.25) is 0 Å². The van der Waals surface area contributed by atoms with Crippen molar-refractivity contribution in [1.29, 1.82) is 0 Å². The second-order valence-electron chi connectivity index (χ2n) is 5.02. The lowest BCUT2D eigenvalue weighted by molar-refractivity contribution is -0.145. The van der Waals surface area contributed by atoms with Crippen LogP contribution in [0.5, 0.6) is 0 Å². The van der Waals surface area contributed by atoms with E-state index in [1.807, 2.05) is 20.8 Å². The van der Waals surface area contributed by atoms with Crippen molar-refractivity contribution in [1.82, 2.24) is 4.90 Å².